The molecule has 1 fully saturated rings. The van der Waals surface area contributed by atoms with Crippen LogP contribution in [0.3, 0.4) is 0 Å². The summed E-state index contributed by atoms with van der Waals surface area (Å²) in [7, 11) is 1.82. The molecule has 0 saturated carbocycles. The fourth-order valence-corrected chi connectivity index (χ4v) is 3.32. The quantitative estimate of drug-likeness (QED) is 0.764. The lowest BCUT2D eigenvalue weighted by molar-refractivity contribution is -0.127. The number of carbonyl (C=O) groups is 2. The van der Waals surface area contributed by atoms with Crippen LogP contribution in [0, 0.1) is 6.92 Å². The Morgan fingerprint density at radius 3 is 2.63 bits per heavy atom. The maximum absolute atomic E-state index is 12.4. The molecule has 1 atom stereocenters. The molecule has 2 heterocycles. The summed E-state index contributed by atoms with van der Waals surface area (Å²) in [5.74, 6) is -0.577. The van der Waals surface area contributed by atoms with Crippen LogP contribution in [-0.2, 0) is 23.2 Å². The zero-order valence-electron chi connectivity index (χ0n) is 15.8. The number of nitrogens with zero attached hydrogens (tertiary/aromatic N) is 4. The van der Waals surface area contributed by atoms with Crippen LogP contribution < -0.4 is 11.1 Å². The Morgan fingerprint density at radius 1 is 1.26 bits per heavy atom. The number of rotatable bonds is 6. The van der Waals surface area contributed by atoms with E-state index in [-0.39, 0.29) is 12.5 Å². The summed E-state index contributed by atoms with van der Waals surface area (Å²) in [5, 5.41) is 6.98. The van der Waals surface area contributed by atoms with Gasteiger partial charge >= 0.3 is 0 Å². The van der Waals surface area contributed by atoms with Crippen LogP contribution >= 0.6 is 0 Å². The number of amides is 2. The van der Waals surface area contributed by atoms with E-state index in [4.69, 9.17) is 5.73 Å². The Kier molecular flexibility index (Phi) is 5.88. The van der Waals surface area contributed by atoms with Crippen LogP contribution in [0.25, 0.3) is 0 Å². The van der Waals surface area contributed by atoms with Crippen molar-refractivity contribution in [1.82, 2.24) is 19.6 Å². The zero-order valence-corrected chi connectivity index (χ0v) is 15.8. The van der Waals surface area contributed by atoms with Crippen molar-refractivity contribution in [1.29, 1.82) is 0 Å². The van der Waals surface area contributed by atoms with Gasteiger partial charge in [-0.05, 0) is 12.5 Å². The number of anilines is 1. The molecule has 2 aromatic rings. The summed E-state index contributed by atoms with van der Waals surface area (Å²) in [6.07, 6.45) is 1.62. The lowest BCUT2D eigenvalue weighted by Crippen LogP contribution is -2.59. The summed E-state index contributed by atoms with van der Waals surface area (Å²) < 4.78 is 1.70. The molecule has 1 aromatic heterocycles. The molecule has 1 aliphatic heterocycles. The van der Waals surface area contributed by atoms with Crippen LogP contribution in [0.2, 0.25) is 0 Å². The van der Waals surface area contributed by atoms with Crippen LogP contribution in [-0.4, -0.2) is 63.6 Å². The number of nitrogens with one attached hydrogen (secondary N) is 1. The number of carbonyl (C=O) groups excluding carboxylic acids is 2. The monoisotopic (exact) mass is 370 g/mol. The second-order valence-corrected chi connectivity index (χ2v) is 6.92. The number of nitrogens with two attached hydrogens (primary N) is 1. The van der Waals surface area contributed by atoms with Crippen molar-refractivity contribution < 1.29 is 9.59 Å². The van der Waals surface area contributed by atoms with E-state index in [2.05, 4.69) is 27.4 Å². The highest BCUT2D eigenvalue weighted by molar-refractivity contribution is 5.93. The minimum Gasteiger partial charge on any atom is -0.368 e. The van der Waals surface area contributed by atoms with E-state index in [0.29, 0.717) is 18.8 Å². The number of aryl methyl sites for hydroxylation is 1. The number of hydrogen-bond acceptors (Lipinski definition) is 5. The molecule has 0 spiro atoms. The Labute approximate surface area is 158 Å². The highest BCUT2D eigenvalue weighted by Gasteiger charge is 2.32. The Balaban J connectivity index is 1.59. The minimum absolute atomic E-state index is 0.126. The zero-order chi connectivity index (χ0) is 19.4. The van der Waals surface area contributed by atoms with Crippen molar-refractivity contribution in [3.63, 3.8) is 0 Å². The molecule has 0 bridgehead atoms. The fraction of sp³-hybridized carbons (Fsp3) is 0.421. The Morgan fingerprint density at radius 2 is 2.00 bits per heavy atom. The number of aromatic nitrogens is 2. The predicted octanol–water partition coefficient (Wildman–Crippen LogP) is 0.339. The molecule has 2 amide bonds. The standard InChI is InChI=1S/C19H26N6O2/c1-14-16(10-21-23(14)2)22-18(26)13-25-9-8-24(12-17(25)19(20)27)11-15-6-4-3-5-7-15/h3-7,10,17H,8-9,11-13H2,1-2H3,(H2,20,27)(H,22,26)/t17-/m0/s1. The van der Waals surface area contributed by atoms with Gasteiger partial charge in [0.2, 0.25) is 11.8 Å². The first kappa shape index (κ1) is 19.1. The smallest absolute Gasteiger partial charge is 0.238 e. The van der Waals surface area contributed by atoms with Crippen LogP contribution in [0.5, 0.6) is 0 Å². The van der Waals surface area contributed by atoms with E-state index in [9.17, 15) is 9.59 Å². The van der Waals surface area contributed by atoms with Crippen molar-refractivity contribution in [2.24, 2.45) is 12.8 Å². The van der Waals surface area contributed by atoms with Crippen molar-refractivity contribution >= 4 is 17.5 Å². The molecule has 3 rings (SSSR count). The summed E-state index contributed by atoms with van der Waals surface area (Å²) in [6.45, 7) is 4.68. The number of piperazine rings is 1. The molecule has 8 heteroatoms. The van der Waals surface area contributed by atoms with E-state index in [1.54, 1.807) is 10.9 Å². The number of benzene rings is 1. The van der Waals surface area contributed by atoms with Gasteiger partial charge in [0, 0.05) is 33.2 Å². The number of hydrogen-bond donors (Lipinski definition) is 2. The molecule has 1 aromatic carbocycles. The lowest BCUT2D eigenvalue weighted by atomic mass is 10.1. The molecular weight excluding hydrogens is 344 g/mol. The van der Waals surface area contributed by atoms with Crippen molar-refractivity contribution in [3.8, 4) is 0 Å². The van der Waals surface area contributed by atoms with Gasteiger partial charge in [-0.3, -0.25) is 24.1 Å². The van der Waals surface area contributed by atoms with E-state index in [0.717, 1.165) is 18.8 Å². The second kappa shape index (κ2) is 8.32. The first-order valence-corrected chi connectivity index (χ1v) is 9.02. The molecule has 0 aliphatic carbocycles. The average molecular weight is 370 g/mol. The molecular formula is C19H26N6O2. The fourth-order valence-electron chi connectivity index (χ4n) is 3.32. The number of primary amides is 1. The average Bonchev–Trinajstić information content (AvgIpc) is 2.95. The molecule has 0 radical (unpaired) electrons. The summed E-state index contributed by atoms with van der Waals surface area (Å²) in [5.41, 5.74) is 8.37. The maximum atomic E-state index is 12.4. The first-order chi connectivity index (χ1) is 12.9. The maximum Gasteiger partial charge on any atom is 0.238 e. The minimum atomic E-state index is -0.483. The summed E-state index contributed by atoms with van der Waals surface area (Å²) >= 11 is 0. The largest absolute Gasteiger partial charge is 0.368 e. The third-order valence-electron chi connectivity index (χ3n) is 5.01. The molecule has 3 N–H and O–H groups in total. The third-order valence-corrected chi connectivity index (χ3v) is 5.01. The van der Waals surface area contributed by atoms with Crippen molar-refractivity contribution in [2.75, 3.05) is 31.5 Å². The Bertz CT molecular complexity index is 804. The van der Waals surface area contributed by atoms with Gasteiger partial charge in [-0.2, -0.15) is 5.10 Å². The highest BCUT2D eigenvalue weighted by atomic mass is 16.2. The predicted molar refractivity (Wildman–Crippen MR) is 103 cm³/mol. The van der Waals surface area contributed by atoms with Gasteiger partial charge in [0.25, 0.3) is 0 Å². The molecule has 144 valence electrons. The molecule has 1 aliphatic rings. The van der Waals surface area contributed by atoms with Gasteiger partial charge < -0.3 is 11.1 Å². The van der Waals surface area contributed by atoms with Crippen molar-refractivity contribution in [2.45, 2.75) is 19.5 Å². The molecule has 0 unspecified atom stereocenters. The van der Waals surface area contributed by atoms with E-state index < -0.39 is 11.9 Å². The molecule has 27 heavy (non-hydrogen) atoms. The van der Waals surface area contributed by atoms with Crippen LogP contribution in [0.1, 0.15) is 11.3 Å². The second-order valence-electron chi connectivity index (χ2n) is 6.92. The van der Waals surface area contributed by atoms with E-state index in [1.807, 2.05) is 37.1 Å². The normalized spacial score (nSPS) is 18.4. The van der Waals surface area contributed by atoms with Gasteiger partial charge in [0.1, 0.15) is 6.04 Å². The van der Waals surface area contributed by atoms with Gasteiger partial charge in [-0.1, -0.05) is 30.3 Å². The Hall–Kier alpha value is -2.71. The van der Waals surface area contributed by atoms with E-state index >= 15 is 0 Å². The van der Waals surface area contributed by atoms with Gasteiger partial charge in [-0.15, -0.1) is 0 Å². The SMILES string of the molecule is Cc1c(NC(=O)CN2CCN(Cc3ccccc3)C[C@H]2C(N)=O)cnn1C. The van der Waals surface area contributed by atoms with Crippen LogP contribution in [0.15, 0.2) is 36.5 Å². The molecule has 1 saturated heterocycles. The molecule has 8 nitrogen and oxygen atoms in total. The van der Waals surface area contributed by atoms with Gasteiger partial charge in [0.05, 0.1) is 24.1 Å². The first-order valence-electron chi connectivity index (χ1n) is 9.02. The van der Waals surface area contributed by atoms with Gasteiger partial charge in [0.15, 0.2) is 0 Å². The summed E-state index contributed by atoms with van der Waals surface area (Å²) in [6, 6.07) is 9.63. The van der Waals surface area contributed by atoms with Gasteiger partial charge in [-0.25, -0.2) is 0 Å². The highest BCUT2D eigenvalue weighted by Crippen LogP contribution is 2.15. The van der Waals surface area contributed by atoms with Crippen LogP contribution in [0.4, 0.5) is 5.69 Å². The lowest BCUT2D eigenvalue weighted by Gasteiger charge is -2.39. The third kappa shape index (κ3) is 4.72. The summed E-state index contributed by atoms with van der Waals surface area (Å²) in [4.78, 5) is 28.4. The van der Waals surface area contributed by atoms with Crippen molar-refractivity contribution in [3.05, 3.63) is 47.8 Å². The topological polar surface area (TPSA) is 96.5 Å². The van der Waals surface area contributed by atoms with E-state index in [1.165, 1.54) is 5.56 Å².